The van der Waals surface area contributed by atoms with Crippen LogP contribution in [0.3, 0.4) is 0 Å². The number of rotatable bonds is 4. The standard InChI is InChI=1S/C14H17ClFNO2/c15-8-14(18)17-7-1-2-11(9-17)10-19-13-5-3-12(16)4-6-13/h3-6,11H,1-2,7-10H2. The predicted octanol–water partition coefficient (Wildman–Crippen LogP) is 2.68. The second kappa shape index (κ2) is 6.75. The number of carbonyl (C=O) groups excluding carboxylic acids is 1. The number of nitrogens with zero attached hydrogens (tertiary/aromatic N) is 1. The van der Waals surface area contributed by atoms with Gasteiger partial charge in [-0.25, -0.2) is 4.39 Å². The third-order valence-electron chi connectivity index (χ3n) is 3.29. The molecule has 0 aliphatic carbocycles. The lowest BCUT2D eigenvalue weighted by Gasteiger charge is -2.32. The molecule has 0 radical (unpaired) electrons. The zero-order valence-electron chi connectivity index (χ0n) is 10.6. The fraction of sp³-hybridized carbons (Fsp3) is 0.500. The first-order chi connectivity index (χ1) is 9.19. The number of piperidine rings is 1. The molecule has 0 N–H and O–H groups in total. The van der Waals surface area contributed by atoms with E-state index >= 15 is 0 Å². The summed E-state index contributed by atoms with van der Waals surface area (Å²) in [6, 6.07) is 5.97. The summed E-state index contributed by atoms with van der Waals surface area (Å²) in [5.74, 6) is 0.705. The van der Waals surface area contributed by atoms with Crippen LogP contribution in [0.1, 0.15) is 12.8 Å². The number of likely N-dealkylation sites (tertiary alicyclic amines) is 1. The molecule has 0 spiro atoms. The van der Waals surface area contributed by atoms with Crippen LogP contribution in [0.5, 0.6) is 5.75 Å². The number of amides is 1. The van der Waals surface area contributed by atoms with Gasteiger partial charge in [0.15, 0.2) is 0 Å². The zero-order chi connectivity index (χ0) is 13.7. The molecule has 1 unspecified atom stereocenters. The van der Waals surface area contributed by atoms with E-state index in [2.05, 4.69) is 0 Å². The molecule has 3 nitrogen and oxygen atoms in total. The van der Waals surface area contributed by atoms with E-state index in [1.165, 1.54) is 12.1 Å². The Morgan fingerprint density at radius 1 is 1.42 bits per heavy atom. The van der Waals surface area contributed by atoms with Gasteiger partial charge in [0, 0.05) is 19.0 Å². The van der Waals surface area contributed by atoms with Gasteiger partial charge in [0.05, 0.1) is 6.61 Å². The smallest absolute Gasteiger partial charge is 0.237 e. The Labute approximate surface area is 117 Å². The highest BCUT2D eigenvalue weighted by Crippen LogP contribution is 2.19. The van der Waals surface area contributed by atoms with Crippen LogP contribution >= 0.6 is 11.6 Å². The van der Waals surface area contributed by atoms with Gasteiger partial charge in [0.1, 0.15) is 17.4 Å². The van der Waals surface area contributed by atoms with Crippen LogP contribution in [0, 0.1) is 11.7 Å². The molecule has 1 heterocycles. The Morgan fingerprint density at radius 2 is 2.16 bits per heavy atom. The van der Waals surface area contributed by atoms with Crippen molar-refractivity contribution in [2.45, 2.75) is 12.8 Å². The molecular formula is C14H17ClFNO2. The number of halogens is 2. The topological polar surface area (TPSA) is 29.5 Å². The second-order valence-corrected chi connectivity index (χ2v) is 5.01. The number of alkyl halides is 1. The van der Waals surface area contributed by atoms with Crippen molar-refractivity contribution in [1.82, 2.24) is 4.90 Å². The molecule has 0 aromatic heterocycles. The van der Waals surface area contributed by atoms with Crippen LogP contribution in [0.4, 0.5) is 4.39 Å². The first kappa shape index (κ1) is 14.1. The molecule has 104 valence electrons. The van der Waals surface area contributed by atoms with Crippen molar-refractivity contribution in [1.29, 1.82) is 0 Å². The summed E-state index contributed by atoms with van der Waals surface area (Å²) in [4.78, 5) is 13.3. The monoisotopic (exact) mass is 285 g/mol. The molecule has 0 saturated carbocycles. The van der Waals surface area contributed by atoms with Crippen LogP contribution in [-0.4, -0.2) is 36.4 Å². The van der Waals surface area contributed by atoms with Gasteiger partial charge in [-0.05, 0) is 37.1 Å². The normalized spacial score (nSPS) is 19.3. The molecular weight excluding hydrogens is 269 g/mol. The van der Waals surface area contributed by atoms with Crippen molar-refractivity contribution in [3.63, 3.8) is 0 Å². The second-order valence-electron chi connectivity index (χ2n) is 4.75. The van der Waals surface area contributed by atoms with E-state index in [4.69, 9.17) is 16.3 Å². The van der Waals surface area contributed by atoms with E-state index in [-0.39, 0.29) is 17.6 Å². The first-order valence-electron chi connectivity index (χ1n) is 6.41. The highest BCUT2D eigenvalue weighted by atomic mass is 35.5. The zero-order valence-corrected chi connectivity index (χ0v) is 11.4. The minimum Gasteiger partial charge on any atom is -0.493 e. The summed E-state index contributed by atoms with van der Waals surface area (Å²) < 4.78 is 18.4. The quantitative estimate of drug-likeness (QED) is 0.796. The van der Waals surface area contributed by atoms with Gasteiger partial charge >= 0.3 is 0 Å². The van der Waals surface area contributed by atoms with Crippen molar-refractivity contribution in [2.24, 2.45) is 5.92 Å². The van der Waals surface area contributed by atoms with Gasteiger partial charge in [0.2, 0.25) is 5.91 Å². The van der Waals surface area contributed by atoms with Crippen LogP contribution < -0.4 is 4.74 Å². The Bertz CT molecular complexity index is 424. The van der Waals surface area contributed by atoms with Crippen molar-refractivity contribution >= 4 is 17.5 Å². The summed E-state index contributed by atoms with van der Waals surface area (Å²) in [5.41, 5.74) is 0. The van der Waals surface area contributed by atoms with Gasteiger partial charge < -0.3 is 9.64 Å². The van der Waals surface area contributed by atoms with Crippen LogP contribution in [-0.2, 0) is 4.79 Å². The van der Waals surface area contributed by atoms with E-state index in [1.54, 1.807) is 17.0 Å². The molecule has 5 heteroatoms. The summed E-state index contributed by atoms with van der Waals surface area (Å²) in [5, 5.41) is 0. The summed E-state index contributed by atoms with van der Waals surface area (Å²) in [6.45, 7) is 2.00. The maximum atomic E-state index is 12.7. The lowest BCUT2D eigenvalue weighted by atomic mass is 9.99. The van der Waals surface area contributed by atoms with Gasteiger partial charge in [-0.2, -0.15) is 0 Å². The molecule has 1 atom stereocenters. The number of hydrogen-bond acceptors (Lipinski definition) is 2. The van der Waals surface area contributed by atoms with E-state index < -0.39 is 0 Å². The Balaban J connectivity index is 1.82. The summed E-state index contributed by atoms with van der Waals surface area (Å²) in [7, 11) is 0. The van der Waals surface area contributed by atoms with E-state index in [1.807, 2.05) is 0 Å². The molecule has 1 aliphatic rings. The van der Waals surface area contributed by atoms with Gasteiger partial charge in [-0.3, -0.25) is 4.79 Å². The highest BCUT2D eigenvalue weighted by Gasteiger charge is 2.23. The van der Waals surface area contributed by atoms with Gasteiger partial charge in [-0.15, -0.1) is 11.6 Å². The minimum absolute atomic E-state index is 0.0202. The molecule has 1 aliphatic heterocycles. The molecule has 1 aromatic rings. The molecule has 1 amide bonds. The fourth-order valence-electron chi connectivity index (χ4n) is 2.26. The van der Waals surface area contributed by atoms with E-state index in [0.717, 1.165) is 19.4 Å². The lowest BCUT2D eigenvalue weighted by Crippen LogP contribution is -2.42. The maximum Gasteiger partial charge on any atom is 0.237 e. The van der Waals surface area contributed by atoms with E-state index in [9.17, 15) is 9.18 Å². The average Bonchev–Trinajstić information content (AvgIpc) is 2.46. The Morgan fingerprint density at radius 3 is 2.84 bits per heavy atom. The molecule has 19 heavy (non-hydrogen) atoms. The average molecular weight is 286 g/mol. The van der Waals surface area contributed by atoms with Crippen molar-refractivity contribution < 1.29 is 13.9 Å². The fourth-order valence-corrected chi connectivity index (χ4v) is 2.43. The Hall–Kier alpha value is -1.29. The largest absolute Gasteiger partial charge is 0.493 e. The third-order valence-corrected chi connectivity index (χ3v) is 3.51. The third kappa shape index (κ3) is 4.10. The van der Waals surface area contributed by atoms with Crippen LogP contribution in [0.15, 0.2) is 24.3 Å². The lowest BCUT2D eigenvalue weighted by molar-refractivity contribution is -0.130. The number of hydrogen-bond donors (Lipinski definition) is 0. The van der Waals surface area contributed by atoms with Gasteiger partial charge in [-0.1, -0.05) is 0 Å². The minimum atomic E-state index is -0.274. The molecule has 0 bridgehead atoms. The van der Waals surface area contributed by atoms with Crippen molar-refractivity contribution in [3.05, 3.63) is 30.1 Å². The first-order valence-corrected chi connectivity index (χ1v) is 6.94. The highest BCUT2D eigenvalue weighted by molar-refractivity contribution is 6.27. The summed E-state index contributed by atoms with van der Waals surface area (Å²) >= 11 is 5.56. The Kier molecular flexibility index (Phi) is 5.02. The molecule has 2 rings (SSSR count). The number of benzene rings is 1. The SMILES string of the molecule is O=C(CCl)N1CCCC(COc2ccc(F)cc2)C1. The molecule has 1 aromatic carbocycles. The van der Waals surface area contributed by atoms with Crippen LogP contribution in [0.25, 0.3) is 0 Å². The maximum absolute atomic E-state index is 12.7. The van der Waals surface area contributed by atoms with Crippen molar-refractivity contribution in [3.8, 4) is 5.75 Å². The van der Waals surface area contributed by atoms with Crippen LogP contribution in [0.2, 0.25) is 0 Å². The van der Waals surface area contributed by atoms with Crippen molar-refractivity contribution in [2.75, 3.05) is 25.6 Å². The van der Waals surface area contributed by atoms with E-state index in [0.29, 0.717) is 24.8 Å². The predicted molar refractivity (Wildman–Crippen MR) is 71.9 cm³/mol. The number of carbonyl (C=O) groups is 1. The van der Waals surface area contributed by atoms with Gasteiger partial charge in [0.25, 0.3) is 0 Å². The molecule has 1 saturated heterocycles. The summed E-state index contributed by atoms with van der Waals surface area (Å²) in [6.07, 6.45) is 2.01. The molecule has 1 fully saturated rings. The number of ether oxygens (including phenoxy) is 1.